The van der Waals surface area contributed by atoms with E-state index in [9.17, 15) is 4.79 Å². The summed E-state index contributed by atoms with van der Waals surface area (Å²) in [6, 6.07) is 3.61. The Morgan fingerprint density at radius 1 is 1.09 bits per heavy atom. The van der Waals surface area contributed by atoms with Gasteiger partial charge in [-0.15, -0.1) is 0 Å². The van der Waals surface area contributed by atoms with E-state index in [1.54, 1.807) is 12.1 Å². The molecule has 0 radical (unpaired) electrons. The molecule has 23 heavy (non-hydrogen) atoms. The van der Waals surface area contributed by atoms with Gasteiger partial charge in [-0.25, -0.2) is 0 Å². The molecule has 0 aromatic heterocycles. The number of ether oxygens (including phenoxy) is 3. The van der Waals surface area contributed by atoms with Gasteiger partial charge in [0.05, 0.1) is 25.4 Å². The number of hydrogen-bond acceptors (Lipinski definition) is 5. The van der Waals surface area contributed by atoms with Gasteiger partial charge < -0.3 is 19.5 Å². The topological polar surface area (TPSA) is 56.8 Å². The third-order valence-corrected chi connectivity index (χ3v) is 3.89. The second kappa shape index (κ2) is 8.77. The van der Waals surface area contributed by atoms with Gasteiger partial charge >= 0.3 is 0 Å². The van der Waals surface area contributed by atoms with Gasteiger partial charge in [0.25, 0.3) is 0 Å². The zero-order valence-corrected chi connectivity index (χ0v) is 14.3. The van der Waals surface area contributed by atoms with Gasteiger partial charge in [0, 0.05) is 12.5 Å². The van der Waals surface area contributed by atoms with E-state index >= 15 is 0 Å². The van der Waals surface area contributed by atoms with E-state index in [-0.39, 0.29) is 11.7 Å². The summed E-state index contributed by atoms with van der Waals surface area (Å²) in [6.45, 7) is 8.93. The number of ketones is 1. The summed E-state index contributed by atoms with van der Waals surface area (Å²) in [7, 11) is 0. The Morgan fingerprint density at radius 2 is 1.78 bits per heavy atom. The molecule has 2 rings (SSSR count). The number of Topliss-reactive ketones (excluding diaryl/α,β-unsaturated/α-hetero) is 1. The van der Waals surface area contributed by atoms with Crippen molar-refractivity contribution < 1.29 is 19.0 Å². The molecule has 0 bridgehead atoms. The fourth-order valence-corrected chi connectivity index (χ4v) is 2.87. The van der Waals surface area contributed by atoms with Crippen LogP contribution in [-0.2, 0) is 0 Å². The molecule has 1 fully saturated rings. The Balaban J connectivity index is 2.40. The molecule has 1 heterocycles. The van der Waals surface area contributed by atoms with Gasteiger partial charge in [-0.3, -0.25) is 4.79 Å². The van der Waals surface area contributed by atoms with E-state index in [4.69, 9.17) is 14.2 Å². The zero-order chi connectivity index (χ0) is 16.7. The standard InChI is InChI=1S/C18H27NO4/c1-4-21-15-10-9-14(16(20)13-8-7-11-19-12-13)17(22-5-2)18(15)23-6-3/h9-10,13,19H,4-8,11-12H2,1-3H3. The molecule has 0 spiro atoms. The van der Waals surface area contributed by atoms with Crippen molar-refractivity contribution in [2.75, 3.05) is 32.9 Å². The Hall–Kier alpha value is -1.75. The lowest BCUT2D eigenvalue weighted by atomic mass is 9.90. The highest BCUT2D eigenvalue weighted by molar-refractivity contribution is 6.01. The summed E-state index contributed by atoms with van der Waals surface area (Å²) in [4.78, 5) is 12.9. The lowest BCUT2D eigenvalue weighted by Crippen LogP contribution is -2.34. The minimum atomic E-state index is -0.00428. The van der Waals surface area contributed by atoms with Crippen LogP contribution >= 0.6 is 0 Å². The van der Waals surface area contributed by atoms with Crippen LogP contribution in [0.2, 0.25) is 0 Å². The molecule has 0 aliphatic carbocycles. The molecule has 1 aliphatic rings. The SMILES string of the molecule is CCOc1ccc(C(=O)C2CCCNC2)c(OCC)c1OCC. The van der Waals surface area contributed by atoms with Crippen LogP contribution in [0, 0.1) is 5.92 Å². The number of hydrogen-bond donors (Lipinski definition) is 1. The second-order valence-electron chi connectivity index (χ2n) is 5.48. The number of carbonyl (C=O) groups is 1. The van der Waals surface area contributed by atoms with Crippen LogP contribution in [0.25, 0.3) is 0 Å². The normalized spacial score (nSPS) is 17.6. The summed E-state index contributed by atoms with van der Waals surface area (Å²) in [5.41, 5.74) is 0.590. The van der Waals surface area contributed by atoms with Crippen LogP contribution < -0.4 is 19.5 Å². The third-order valence-electron chi connectivity index (χ3n) is 3.89. The van der Waals surface area contributed by atoms with Gasteiger partial charge in [-0.05, 0) is 52.3 Å². The molecular formula is C18H27NO4. The molecule has 1 unspecified atom stereocenters. The number of rotatable bonds is 8. The number of nitrogens with one attached hydrogen (secondary N) is 1. The summed E-state index contributed by atoms with van der Waals surface area (Å²) in [6.07, 6.45) is 1.93. The third kappa shape index (κ3) is 4.16. The predicted molar refractivity (Wildman–Crippen MR) is 89.9 cm³/mol. The molecule has 0 amide bonds. The van der Waals surface area contributed by atoms with E-state index in [0.717, 1.165) is 25.9 Å². The molecule has 1 aliphatic heterocycles. The Morgan fingerprint density at radius 3 is 2.39 bits per heavy atom. The average Bonchev–Trinajstić information content (AvgIpc) is 2.58. The highest BCUT2D eigenvalue weighted by Gasteiger charge is 2.28. The molecule has 1 saturated heterocycles. The van der Waals surface area contributed by atoms with Crippen molar-refractivity contribution in [1.29, 1.82) is 0 Å². The maximum absolute atomic E-state index is 12.9. The first-order valence-electron chi connectivity index (χ1n) is 8.53. The van der Waals surface area contributed by atoms with Crippen LogP contribution in [0.4, 0.5) is 0 Å². The Labute approximate surface area is 138 Å². The first kappa shape index (κ1) is 17.6. The highest BCUT2D eigenvalue weighted by Crippen LogP contribution is 2.41. The van der Waals surface area contributed by atoms with Gasteiger partial charge in [-0.2, -0.15) is 0 Å². The lowest BCUT2D eigenvalue weighted by Gasteiger charge is -2.24. The quantitative estimate of drug-likeness (QED) is 0.746. The lowest BCUT2D eigenvalue weighted by molar-refractivity contribution is 0.0894. The average molecular weight is 321 g/mol. The molecule has 5 nitrogen and oxygen atoms in total. The molecule has 128 valence electrons. The van der Waals surface area contributed by atoms with Crippen molar-refractivity contribution in [3.63, 3.8) is 0 Å². The minimum Gasteiger partial charge on any atom is -0.490 e. The first-order valence-corrected chi connectivity index (χ1v) is 8.53. The second-order valence-corrected chi connectivity index (χ2v) is 5.48. The summed E-state index contributed by atoms with van der Waals surface area (Å²) >= 11 is 0. The maximum atomic E-state index is 12.9. The first-order chi connectivity index (χ1) is 11.2. The van der Waals surface area contributed by atoms with Crippen LogP contribution in [-0.4, -0.2) is 38.7 Å². The van der Waals surface area contributed by atoms with Gasteiger partial charge in [0.2, 0.25) is 5.75 Å². The Bertz CT molecular complexity index is 524. The van der Waals surface area contributed by atoms with Crippen molar-refractivity contribution in [2.45, 2.75) is 33.6 Å². The minimum absolute atomic E-state index is 0.00428. The molecule has 1 aromatic rings. The fourth-order valence-electron chi connectivity index (χ4n) is 2.87. The van der Waals surface area contributed by atoms with Crippen molar-refractivity contribution >= 4 is 5.78 Å². The number of piperidine rings is 1. The maximum Gasteiger partial charge on any atom is 0.204 e. The smallest absolute Gasteiger partial charge is 0.204 e. The number of benzene rings is 1. The van der Waals surface area contributed by atoms with Gasteiger partial charge in [0.1, 0.15) is 0 Å². The van der Waals surface area contributed by atoms with Crippen molar-refractivity contribution in [3.8, 4) is 17.2 Å². The van der Waals surface area contributed by atoms with Crippen molar-refractivity contribution in [1.82, 2.24) is 5.32 Å². The highest BCUT2D eigenvalue weighted by atomic mass is 16.5. The van der Waals surface area contributed by atoms with Crippen LogP contribution in [0.5, 0.6) is 17.2 Å². The van der Waals surface area contributed by atoms with Crippen LogP contribution in [0.15, 0.2) is 12.1 Å². The largest absolute Gasteiger partial charge is 0.490 e. The van der Waals surface area contributed by atoms with E-state index in [1.807, 2.05) is 20.8 Å². The molecule has 5 heteroatoms. The fraction of sp³-hybridized carbons (Fsp3) is 0.611. The predicted octanol–water partition coefficient (Wildman–Crippen LogP) is 3.07. The zero-order valence-electron chi connectivity index (χ0n) is 14.3. The van der Waals surface area contributed by atoms with Crippen LogP contribution in [0.1, 0.15) is 44.0 Å². The number of carbonyl (C=O) groups excluding carboxylic acids is 1. The van der Waals surface area contributed by atoms with Gasteiger partial charge in [0.15, 0.2) is 17.3 Å². The molecular weight excluding hydrogens is 294 g/mol. The molecule has 1 aromatic carbocycles. The van der Waals surface area contributed by atoms with E-state index in [2.05, 4.69) is 5.32 Å². The summed E-state index contributed by atoms with van der Waals surface area (Å²) in [5, 5.41) is 3.29. The molecule has 0 saturated carbocycles. The van der Waals surface area contributed by atoms with Crippen molar-refractivity contribution in [2.24, 2.45) is 5.92 Å². The Kier molecular flexibility index (Phi) is 6.71. The van der Waals surface area contributed by atoms with Gasteiger partial charge in [-0.1, -0.05) is 0 Å². The molecule has 1 N–H and O–H groups in total. The van der Waals surface area contributed by atoms with Crippen LogP contribution in [0.3, 0.4) is 0 Å². The molecule has 1 atom stereocenters. The summed E-state index contributed by atoms with van der Waals surface area (Å²) in [5.74, 6) is 1.78. The van der Waals surface area contributed by atoms with E-state index in [0.29, 0.717) is 42.6 Å². The van der Waals surface area contributed by atoms with E-state index in [1.165, 1.54) is 0 Å². The van der Waals surface area contributed by atoms with E-state index < -0.39 is 0 Å². The summed E-state index contributed by atoms with van der Waals surface area (Å²) < 4.78 is 17.1. The van der Waals surface area contributed by atoms with Crippen molar-refractivity contribution in [3.05, 3.63) is 17.7 Å². The monoisotopic (exact) mass is 321 g/mol.